The number of fused-ring (bicyclic) bond motifs is 1. The number of hydrogen-bond donors (Lipinski definition) is 3. The second-order valence-corrected chi connectivity index (χ2v) is 4.35. The minimum atomic E-state index is -0.643. The molecule has 1 heterocycles. The first-order valence-electron chi connectivity index (χ1n) is 6.51. The third-order valence-corrected chi connectivity index (χ3v) is 2.96. The van der Waals surface area contributed by atoms with Gasteiger partial charge in [0.05, 0.1) is 0 Å². The third-order valence-electron chi connectivity index (χ3n) is 2.96. The molecule has 0 unspecified atom stereocenters. The summed E-state index contributed by atoms with van der Waals surface area (Å²) in [5, 5.41) is 6.31. The smallest absolute Gasteiger partial charge is 0.410 e. The molecule has 1 aromatic carbocycles. The maximum absolute atomic E-state index is 12.0. The molecule has 0 aliphatic heterocycles. The second-order valence-electron chi connectivity index (χ2n) is 4.35. The monoisotopic (exact) mass is 279 g/mol. The van der Waals surface area contributed by atoms with Crippen LogP contribution in [0.25, 0.3) is 10.9 Å². The molecule has 0 saturated carbocycles. The maximum Gasteiger partial charge on any atom is 0.412 e. The molecule has 0 aliphatic rings. The van der Waals surface area contributed by atoms with E-state index in [1.165, 1.54) is 0 Å². The molecule has 20 heavy (non-hydrogen) atoms. The standard InChI is InChI=1S/C14H18FN3O2/c1-16-7-5-10-9-18-11-3-2-4-12(13(10)11)20-14(19)17-8-6-15/h2-4,9,16,18H,5-8H2,1H3,(H,17,19). The number of amides is 1. The van der Waals surface area contributed by atoms with E-state index in [0.29, 0.717) is 5.75 Å². The Bertz CT molecular complexity index is 583. The topological polar surface area (TPSA) is 66.1 Å². The molecule has 2 aromatic rings. The number of H-pyrrole nitrogens is 1. The number of nitrogens with one attached hydrogen (secondary N) is 3. The summed E-state index contributed by atoms with van der Waals surface area (Å²) >= 11 is 0. The number of alkyl halides is 1. The Balaban J connectivity index is 2.23. The second kappa shape index (κ2) is 6.91. The normalized spacial score (nSPS) is 10.7. The van der Waals surface area contributed by atoms with Crippen molar-refractivity contribution in [2.45, 2.75) is 6.42 Å². The zero-order valence-electron chi connectivity index (χ0n) is 11.3. The highest BCUT2D eigenvalue weighted by Crippen LogP contribution is 2.29. The van der Waals surface area contributed by atoms with Crippen molar-refractivity contribution in [3.05, 3.63) is 30.0 Å². The van der Waals surface area contributed by atoms with Crippen LogP contribution >= 0.6 is 0 Å². The minimum absolute atomic E-state index is 0.0471. The van der Waals surface area contributed by atoms with Gasteiger partial charge >= 0.3 is 6.09 Å². The lowest BCUT2D eigenvalue weighted by Gasteiger charge is -2.08. The van der Waals surface area contributed by atoms with E-state index in [2.05, 4.69) is 15.6 Å². The van der Waals surface area contributed by atoms with Crippen molar-refractivity contribution in [3.63, 3.8) is 0 Å². The number of halogens is 1. The fourth-order valence-corrected chi connectivity index (χ4v) is 2.05. The lowest BCUT2D eigenvalue weighted by atomic mass is 10.1. The first-order valence-corrected chi connectivity index (χ1v) is 6.51. The molecule has 3 N–H and O–H groups in total. The molecule has 0 radical (unpaired) electrons. The molecule has 0 bridgehead atoms. The highest BCUT2D eigenvalue weighted by atomic mass is 19.1. The highest BCUT2D eigenvalue weighted by Gasteiger charge is 2.12. The van der Waals surface area contributed by atoms with Crippen LogP contribution in [0.2, 0.25) is 0 Å². The van der Waals surface area contributed by atoms with Crippen molar-refractivity contribution in [2.24, 2.45) is 0 Å². The molecule has 0 saturated heterocycles. The molecule has 0 aliphatic carbocycles. The van der Waals surface area contributed by atoms with Gasteiger partial charge in [-0.15, -0.1) is 0 Å². The predicted octanol–water partition coefficient (Wildman–Crippen LogP) is 1.99. The molecule has 1 amide bonds. The SMILES string of the molecule is CNCCc1c[nH]c2cccc(OC(=O)NCCF)c12. The number of carbonyl (C=O) groups excluding carboxylic acids is 1. The van der Waals surface area contributed by atoms with Gasteiger partial charge in [0.1, 0.15) is 12.4 Å². The molecule has 5 nitrogen and oxygen atoms in total. The van der Waals surface area contributed by atoms with Crippen LogP contribution in [0, 0.1) is 0 Å². The summed E-state index contributed by atoms with van der Waals surface area (Å²) in [7, 11) is 1.89. The van der Waals surface area contributed by atoms with Gasteiger partial charge in [-0.25, -0.2) is 9.18 Å². The zero-order chi connectivity index (χ0) is 14.4. The first-order chi connectivity index (χ1) is 9.76. The van der Waals surface area contributed by atoms with Gasteiger partial charge in [0.2, 0.25) is 0 Å². The number of carbonyl (C=O) groups is 1. The van der Waals surface area contributed by atoms with E-state index in [1.54, 1.807) is 12.1 Å². The van der Waals surface area contributed by atoms with Crippen LogP contribution < -0.4 is 15.4 Å². The van der Waals surface area contributed by atoms with E-state index >= 15 is 0 Å². The summed E-state index contributed by atoms with van der Waals surface area (Å²) in [6, 6.07) is 5.46. The van der Waals surface area contributed by atoms with Crippen LogP contribution in [0.15, 0.2) is 24.4 Å². The van der Waals surface area contributed by atoms with E-state index in [0.717, 1.165) is 29.4 Å². The zero-order valence-corrected chi connectivity index (χ0v) is 11.3. The Morgan fingerprint density at radius 1 is 1.40 bits per heavy atom. The average molecular weight is 279 g/mol. The van der Waals surface area contributed by atoms with Crippen molar-refractivity contribution in [3.8, 4) is 5.75 Å². The van der Waals surface area contributed by atoms with Crippen molar-refractivity contribution in [1.29, 1.82) is 0 Å². The van der Waals surface area contributed by atoms with Gasteiger partial charge in [0.15, 0.2) is 0 Å². The largest absolute Gasteiger partial charge is 0.412 e. The summed E-state index contributed by atoms with van der Waals surface area (Å²) in [4.78, 5) is 14.7. The Kier molecular flexibility index (Phi) is 4.95. The summed E-state index contributed by atoms with van der Waals surface area (Å²) < 4.78 is 17.3. The van der Waals surface area contributed by atoms with Gasteiger partial charge in [-0.1, -0.05) is 6.07 Å². The molecule has 0 atom stereocenters. The van der Waals surface area contributed by atoms with Gasteiger partial charge in [-0.3, -0.25) is 0 Å². The predicted molar refractivity (Wildman–Crippen MR) is 75.9 cm³/mol. The van der Waals surface area contributed by atoms with Crippen molar-refractivity contribution >= 4 is 17.0 Å². The number of likely N-dealkylation sites (N-methyl/N-ethyl adjacent to an activating group) is 1. The summed E-state index contributed by atoms with van der Waals surface area (Å²) in [6.45, 7) is 0.167. The third kappa shape index (κ3) is 3.27. The summed E-state index contributed by atoms with van der Waals surface area (Å²) in [5.41, 5.74) is 1.98. The summed E-state index contributed by atoms with van der Waals surface area (Å²) in [5.74, 6) is 0.478. The van der Waals surface area contributed by atoms with Crippen LogP contribution in [-0.2, 0) is 6.42 Å². The van der Waals surface area contributed by atoms with E-state index in [-0.39, 0.29) is 6.54 Å². The van der Waals surface area contributed by atoms with Crippen LogP contribution in [-0.4, -0.2) is 37.9 Å². The number of rotatable bonds is 6. The van der Waals surface area contributed by atoms with Crippen LogP contribution in [0.3, 0.4) is 0 Å². The fourth-order valence-electron chi connectivity index (χ4n) is 2.05. The minimum Gasteiger partial charge on any atom is -0.410 e. The molecule has 0 fully saturated rings. The Morgan fingerprint density at radius 2 is 2.25 bits per heavy atom. The molecule has 108 valence electrons. The number of aromatic amines is 1. The summed E-state index contributed by atoms with van der Waals surface area (Å²) in [6.07, 6.45) is 2.09. The number of hydrogen-bond acceptors (Lipinski definition) is 3. The van der Waals surface area contributed by atoms with Crippen molar-refractivity contribution < 1.29 is 13.9 Å². The van der Waals surface area contributed by atoms with Gasteiger partial charge in [-0.2, -0.15) is 0 Å². The molecule has 0 spiro atoms. The first kappa shape index (κ1) is 14.3. The van der Waals surface area contributed by atoms with Crippen molar-refractivity contribution in [1.82, 2.24) is 15.6 Å². The maximum atomic E-state index is 12.0. The van der Waals surface area contributed by atoms with Gasteiger partial charge in [0.25, 0.3) is 0 Å². The van der Waals surface area contributed by atoms with E-state index in [9.17, 15) is 9.18 Å². The lowest BCUT2D eigenvalue weighted by molar-refractivity contribution is 0.200. The number of ether oxygens (including phenoxy) is 1. The number of aromatic nitrogens is 1. The van der Waals surface area contributed by atoms with Gasteiger partial charge in [0, 0.05) is 23.6 Å². The van der Waals surface area contributed by atoms with E-state index in [4.69, 9.17) is 4.74 Å². The van der Waals surface area contributed by atoms with E-state index in [1.807, 2.05) is 19.3 Å². The van der Waals surface area contributed by atoms with Crippen molar-refractivity contribution in [2.75, 3.05) is 26.8 Å². The Labute approximate surface area is 116 Å². The van der Waals surface area contributed by atoms with E-state index < -0.39 is 12.8 Å². The van der Waals surface area contributed by atoms with Gasteiger partial charge < -0.3 is 20.4 Å². The quantitative estimate of drug-likeness (QED) is 0.757. The highest BCUT2D eigenvalue weighted by molar-refractivity contribution is 5.91. The lowest BCUT2D eigenvalue weighted by Crippen LogP contribution is -2.28. The Morgan fingerprint density at radius 3 is 3.00 bits per heavy atom. The molecular formula is C14H18FN3O2. The number of benzene rings is 1. The van der Waals surface area contributed by atoms with Gasteiger partial charge in [-0.05, 0) is 37.7 Å². The van der Waals surface area contributed by atoms with Crippen LogP contribution in [0.4, 0.5) is 9.18 Å². The molecule has 2 rings (SSSR count). The molecule has 1 aromatic heterocycles. The fraction of sp³-hybridized carbons (Fsp3) is 0.357. The molecule has 6 heteroatoms. The molecular weight excluding hydrogens is 261 g/mol. The van der Waals surface area contributed by atoms with Crippen LogP contribution in [0.1, 0.15) is 5.56 Å². The Hall–Kier alpha value is -2.08. The average Bonchev–Trinajstić information content (AvgIpc) is 2.87. The van der Waals surface area contributed by atoms with Crippen LogP contribution in [0.5, 0.6) is 5.75 Å².